The second-order valence-electron chi connectivity index (χ2n) is 6.75. The van der Waals surface area contributed by atoms with E-state index in [0.717, 1.165) is 55.8 Å². The molecule has 1 aliphatic heterocycles. The van der Waals surface area contributed by atoms with Crippen LogP contribution in [0.15, 0.2) is 48.5 Å². The highest BCUT2D eigenvalue weighted by Crippen LogP contribution is 2.20. The molecule has 0 aliphatic carbocycles. The summed E-state index contributed by atoms with van der Waals surface area (Å²) in [7, 11) is 0. The Hall–Kier alpha value is -1.91. The molecular formula is C20H26ClN3O. The number of hydrogen-bond donors (Lipinski definition) is 1. The summed E-state index contributed by atoms with van der Waals surface area (Å²) in [5.41, 5.74) is 7.71. The highest BCUT2D eigenvalue weighted by Gasteiger charge is 2.19. The van der Waals surface area contributed by atoms with Gasteiger partial charge in [0, 0.05) is 55.0 Å². The molecule has 25 heavy (non-hydrogen) atoms. The Morgan fingerprint density at radius 2 is 1.64 bits per heavy atom. The SMILES string of the molecule is CC(COc1ccc(N)cc1)CN1CCN(c2ccc(Cl)cc2)CC1. The number of ether oxygens (including phenoxy) is 1. The first-order valence-corrected chi connectivity index (χ1v) is 9.19. The van der Waals surface area contributed by atoms with Gasteiger partial charge >= 0.3 is 0 Å². The van der Waals surface area contributed by atoms with Crippen LogP contribution >= 0.6 is 11.6 Å². The molecule has 4 nitrogen and oxygen atoms in total. The van der Waals surface area contributed by atoms with Gasteiger partial charge < -0.3 is 15.4 Å². The van der Waals surface area contributed by atoms with Crippen LogP contribution in [0.1, 0.15) is 6.92 Å². The first-order valence-electron chi connectivity index (χ1n) is 8.81. The minimum Gasteiger partial charge on any atom is -0.493 e. The van der Waals surface area contributed by atoms with Gasteiger partial charge in [0.2, 0.25) is 0 Å². The molecule has 5 heteroatoms. The van der Waals surface area contributed by atoms with E-state index in [9.17, 15) is 0 Å². The Morgan fingerprint density at radius 1 is 1.00 bits per heavy atom. The molecule has 0 saturated carbocycles. The molecular weight excluding hydrogens is 334 g/mol. The number of anilines is 2. The summed E-state index contributed by atoms with van der Waals surface area (Å²) in [5.74, 6) is 1.37. The van der Waals surface area contributed by atoms with E-state index in [2.05, 4.69) is 28.9 Å². The molecule has 2 N–H and O–H groups in total. The van der Waals surface area contributed by atoms with E-state index in [0.29, 0.717) is 5.92 Å². The average Bonchev–Trinajstić information content (AvgIpc) is 2.63. The summed E-state index contributed by atoms with van der Waals surface area (Å²) in [6.45, 7) is 8.28. The maximum Gasteiger partial charge on any atom is 0.119 e. The van der Waals surface area contributed by atoms with E-state index in [1.54, 1.807) is 0 Å². The number of nitrogens with two attached hydrogens (primary N) is 1. The largest absolute Gasteiger partial charge is 0.493 e. The molecule has 0 bridgehead atoms. The van der Waals surface area contributed by atoms with Crippen LogP contribution in [0, 0.1) is 5.92 Å². The van der Waals surface area contributed by atoms with Gasteiger partial charge in [0.25, 0.3) is 0 Å². The lowest BCUT2D eigenvalue weighted by Gasteiger charge is -2.37. The number of nitrogen functional groups attached to an aromatic ring is 1. The topological polar surface area (TPSA) is 41.7 Å². The smallest absolute Gasteiger partial charge is 0.119 e. The molecule has 1 fully saturated rings. The van der Waals surface area contributed by atoms with E-state index in [4.69, 9.17) is 22.1 Å². The highest BCUT2D eigenvalue weighted by atomic mass is 35.5. The monoisotopic (exact) mass is 359 g/mol. The third kappa shape index (κ3) is 5.28. The van der Waals surface area contributed by atoms with Gasteiger partial charge in [-0.3, -0.25) is 4.90 Å². The van der Waals surface area contributed by atoms with Crippen molar-refractivity contribution in [3.05, 3.63) is 53.6 Å². The molecule has 1 heterocycles. The Labute approximate surface area is 155 Å². The summed E-state index contributed by atoms with van der Waals surface area (Å²) in [5, 5.41) is 0.789. The predicted molar refractivity (Wildman–Crippen MR) is 106 cm³/mol. The van der Waals surface area contributed by atoms with Crippen molar-refractivity contribution >= 4 is 23.0 Å². The fraction of sp³-hybridized carbons (Fsp3) is 0.400. The number of benzene rings is 2. The fourth-order valence-corrected chi connectivity index (χ4v) is 3.26. The van der Waals surface area contributed by atoms with Gasteiger partial charge in [-0.25, -0.2) is 0 Å². The molecule has 134 valence electrons. The van der Waals surface area contributed by atoms with E-state index in [1.165, 1.54) is 5.69 Å². The maximum atomic E-state index is 5.97. The van der Waals surface area contributed by atoms with Crippen molar-refractivity contribution in [1.29, 1.82) is 0 Å². The van der Waals surface area contributed by atoms with Gasteiger partial charge in [-0.1, -0.05) is 18.5 Å². The third-order valence-corrected chi connectivity index (χ3v) is 4.80. The van der Waals surface area contributed by atoms with Crippen molar-refractivity contribution in [1.82, 2.24) is 4.90 Å². The standard InChI is InChI=1S/C20H26ClN3O/c1-16(15-25-20-8-4-18(22)5-9-20)14-23-10-12-24(13-11-23)19-6-2-17(21)3-7-19/h2-9,16H,10-15,22H2,1H3. The normalized spacial score (nSPS) is 16.6. The number of hydrogen-bond acceptors (Lipinski definition) is 4. The van der Waals surface area contributed by atoms with Crippen molar-refractivity contribution in [2.45, 2.75) is 6.92 Å². The molecule has 0 amide bonds. The second kappa shape index (κ2) is 8.45. The zero-order valence-corrected chi connectivity index (χ0v) is 15.5. The van der Waals surface area contributed by atoms with Crippen LogP contribution < -0.4 is 15.4 Å². The van der Waals surface area contributed by atoms with Crippen LogP contribution in [0.25, 0.3) is 0 Å². The Kier molecular flexibility index (Phi) is 6.05. The zero-order chi connectivity index (χ0) is 17.6. The van der Waals surface area contributed by atoms with Gasteiger partial charge in [-0.2, -0.15) is 0 Å². The van der Waals surface area contributed by atoms with E-state index in [-0.39, 0.29) is 0 Å². The quantitative estimate of drug-likeness (QED) is 0.797. The van der Waals surface area contributed by atoms with Crippen molar-refractivity contribution in [3.8, 4) is 5.75 Å². The van der Waals surface area contributed by atoms with Crippen LogP contribution in [0.4, 0.5) is 11.4 Å². The summed E-state index contributed by atoms with van der Waals surface area (Å²) in [4.78, 5) is 4.94. The fourth-order valence-electron chi connectivity index (χ4n) is 3.14. The van der Waals surface area contributed by atoms with Crippen molar-refractivity contribution in [2.24, 2.45) is 5.92 Å². The van der Waals surface area contributed by atoms with Crippen LogP contribution in [-0.2, 0) is 0 Å². The lowest BCUT2D eigenvalue weighted by atomic mass is 10.1. The van der Waals surface area contributed by atoms with Gasteiger partial charge in [-0.05, 0) is 48.5 Å². The molecule has 1 atom stereocenters. The van der Waals surface area contributed by atoms with Crippen LogP contribution in [0.3, 0.4) is 0 Å². The zero-order valence-electron chi connectivity index (χ0n) is 14.7. The predicted octanol–water partition coefficient (Wildman–Crippen LogP) is 3.76. The molecule has 0 radical (unpaired) electrons. The molecule has 0 spiro atoms. The van der Waals surface area contributed by atoms with Crippen molar-refractivity contribution in [2.75, 3.05) is 50.0 Å². The Balaban J connectivity index is 1.40. The number of rotatable bonds is 6. The lowest BCUT2D eigenvalue weighted by molar-refractivity contribution is 0.178. The summed E-state index contributed by atoms with van der Waals surface area (Å²) >= 11 is 5.97. The van der Waals surface area contributed by atoms with Crippen LogP contribution in [0.5, 0.6) is 5.75 Å². The summed E-state index contributed by atoms with van der Waals surface area (Å²) in [6.07, 6.45) is 0. The number of nitrogens with zero attached hydrogens (tertiary/aromatic N) is 2. The Bertz CT molecular complexity index is 652. The first-order chi connectivity index (χ1) is 12.1. The van der Waals surface area contributed by atoms with E-state index < -0.39 is 0 Å². The number of piperazine rings is 1. The average molecular weight is 360 g/mol. The molecule has 1 saturated heterocycles. The van der Waals surface area contributed by atoms with Gasteiger partial charge in [-0.15, -0.1) is 0 Å². The minimum absolute atomic E-state index is 0.486. The van der Waals surface area contributed by atoms with E-state index >= 15 is 0 Å². The maximum absolute atomic E-state index is 5.97. The molecule has 2 aromatic carbocycles. The van der Waals surface area contributed by atoms with Crippen LogP contribution in [0.2, 0.25) is 5.02 Å². The first kappa shape index (κ1) is 17.9. The minimum atomic E-state index is 0.486. The Morgan fingerprint density at radius 3 is 2.28 bits per heavy atom. The summed E-state index contributed by atoms with van der Waals surface area (Å²) < 4.78 is 5.86. The van der Waals surface area contributed by atoms with Crippen molar-refractivity contribution in [3.63, 3.8) is 0 Å². The third-order valence-electron chi connectivity index (χ3n) is 4.55. The van der Waals surface area contributed by atoms with Gasteiger partial charge in [0.1, 0.15) is 5.75 Å². The number of halogens is 1. The van der Waals surface area contributed by atoms with E-state index in [1.807, 2.05) is 36.4 Å². The summed E-state index contributed by atoms with van der Waals surface area (Å²) in [6, 6.07) is 15.7. The highest BCUT2D eigenvalue weighted by molar-refractivity contribution is 6.30. The van der Waals surface area contributed by atoms with Crippen molar-refractivity contribution < 1.29 is 4.74 Å². The van der Waals surface area contributed by atoms with Gasteiger partial charge in [0.05, 0.1) is 6.61 Å². The molecule has 1 aliphatic rings. The van der Waals surface area contributed by atoms with Gasteiger partial charge in [0.15, 0.2) is 0 Å². The molecule has 2 aromatic rings. The molecule has 0 aromatic heterocycles. The second-order valence-corrected chi connectivity index (χ2v) is 7.19. The van der Waals surface area contributed by atoms with Crippen LogP contribution in [-0.4, -0.2) is 44.2 Å². The lowest BCUT2D eigenvalue weighted by Crippen LogP contribution is -2.48. The molecule has 1 unspecified atom stereocenters. The molecule has 3 rings (SSSR count).